The van der Waals surface area contributed by atoms with Gasteiger partial charge < -0.3 is 10.2 Å². The number of nitrogens with one attached hydrogen (secondary N) is 1. The molecule has 1 rings (SSSR count). The lowest BCUT2D eigenvalue weighted by atomic mass is 9.86. The molecule has 1 aromatic rings. The minimum absolute atomic E-state index is 0.374. The summed E-state index contributed by atoms with van der Waals surface area (Å²) < 4.78 is 0. The summed E-state index contributed by atoms with van der Waals surface area (Å²) in [5.41, 5.74) is 0.374. The van der Waals surface area contributed by atoms with Crippen molar-refractivity contribution in [3.8, 4) is 0 Å². The molecule has 1 aromatic heterocycles. The molecular formula is C17H32N2S. The second kappa shape index (κ2) is 8.81. The molecule has 3 heteroatoms. The number of hydrogen-bond acceptors (Lipinski definition) is 3. The van der Waals surface area contributed by atoms with Crippen molar-refractivity contribution in [2.75, 3.05) is 33.2 Å². The zero-order chi connectivity index (χ0) is 15.0. The maximum atomic E-state index is 3.63. The van der Waals surface area contributed by atoms with Crippen molar-refractivity contribution in [3.63, 3.8) is 0 Å². The molecule has 0 aliphatic rings. The minimum Gasteiger partial charge on any atom is -0.316 e. The summed E-state index contributed by atoms with van der Waals surface area (Å²) >= 11 is 1.87. The third-order valence-corrected chi connectivity index (χ3v) is 4.87. The van der Waals surface area contributed by atoms with Crippen LogP contribution in [0.15, 0.2) is 17.5 Å². The first-order valence-electron chi connectivity index (χ1n) is 7.87. The van der Waals surface area contributed by atoms with E-state index in [4.69, 9.17) is 0 Å². The Balaban J connectivity index is 2.33. The van der Waals surface area contributed by atoms with Crippen LogP contribution in [-0.2, 0) is 6.42 Å². The van der Waals surface area contributed by atoms with Gasteiger partial charge in [-0.05, 0) is 49.2 Å². The normalized spacial score (nSPS) is 14.9. The molecule has 0 bridgehead atoms. The van der Waals surface area contributed by atoms with Crippen LogP contribution in [0.3, 0.4) is 0 Å². The van der Waals surface area contributed by atoms with E-state index in [0.717, 1.165) is 25.6 Å². The maximum Gasteiger partial charge on any atom is 0.00579 e. The van der Waals surface area contributed by atoms with E-state index in [1.807, 2.05) is 11.3 Å². The van der Waals surface area contributed by atoms with E-state index in [-0.39, 0.29) is 0 Å². The summed E-state index contributed by atoms with van der Waals surface area (Å²) in [5.74, 6) is 0.729. The van der Waals surface area contributed by atoms with Crippen molar-refractivity contribution in [1.82, 2.24) is 10.2 Å². The maximum absolute atomic E-state index is 3.63. The van der Waals surface area contributed by atoms with Crippen LogP contribution in [0.2, 0.25) is 0 Å². The average molecular weight is 297 g/mol. The third-order valence-electron chi connectivity index (χ3n) is 3.93. The first-order valence-corrected chi connectivity index (χ1v) is 8.75. The highest BCUT2D eigenvalue weighted by atomic mass is 32.1. The molecule has 0 aromatic carbocycles. The van der Waals surface area contributed by atoms with Gasteiger partial charge in [0.1, 0.15) is 0 Å². The Kier molecular flexibility index (Phi) is 7.78. The zero-order valence-corrected chi connectivity index (χ0v) is 14.7. The highest BCUT2D eigenvalue weighted by Crippen LogP contribution is 2.21. The van der Waals surface area contributed by atoms with Crippen molar-refractivity contribution >= 4 is 11.3 Å². The Bertz CT molecular complexity index is 348. The lowest BCUT2D eigenvalue weighted by Gasteiger charge is -2.33. The fraction of sp³-hybridized carbons (Fsp3) is 0.765. The molecule has 2 nitrogen and oxygen atoms in total. The van der Waals surface area contributed by atoms with E-state index < -0.39 is 0 Å². The molecule has 0 spiro atoms. The first-order chi connectivity index (χ1) is 9.45. The minimum atomic E-state index is 0.374. The van der Waals surface area contributed by atoms with Gasteiger partial charge in [-0.1, -0.05) is 33.8 Å². The molecule has 0 saturated carbocycles. The van der Waals surface area contributed by atoms with Gasteiger partial charge in [-0.2, -0.15) is 0 Å². The van der Waals surface area contributed by atoms with E-state index in [9.17, 15) is 0 Å². The van der Waals surface area contributed by atoms with E-state index in [1.54, 1.807) is 0 Å². The van der Waals surface area contributed by atoms with Gasteiger partial charge in [0.05, 0.1) is 0 Å². The number of likely N-dealkylation sites (N-methyl/N-ethyl adjacent to an activating group) is 1. The molecular weight excluding hydrogens is 264 g/mol. The van der Waals surface area contributed by atoms with Crippen molar-refractivity contribution in [2.45, 2.75) is 40.5 Å². The van der Waals surface area contributed by atoms with Gasteiger partial charge in [-0.3, -0.25) is 0 Å². The molecule has 1 N–H and O–H groups in total. The second-order valence-corrected chi connectivity index (χ2v) is 7.79. The van der Waals surface area contributed by atoms with Crippen molar-refractivity contribution in [1.29, 1.82) is 0 Å². The molecule has 0 aliphatic heterocycles. The van der Waals surface area contributed by atoms with Crippen LogP contribution in [0, 0.1) is 11.3 Å². The van der Waals surface area contributed by atoms with E-state index in [2.05, 4.69) is 62.5 Å². The Labute approximate surface area is 129 Å². The molecule has 0 fully saturated rings. The van der Waals surface area contributed by atoms with Gasteiger partial charge in [0.25, 0.3) is 0 Å². The largest absolute Gasteiger partial charge is 0.316 e. The number of rotatable bonds is 10. The fourth-order valence-corrected chi connectivity index (χ4v) is 3.14. The summed E-state index contributed by atoms with van der Waals surface area (Å²) in [6.07, 6.45) is 2.40. The molecule has 0 amide bonds. The van der Waals surface area contributed by atoms with Gasteiger partial charge in [0.15, 0.2) is 0 Å². The summed E-state index contributed by atoms with van der Waals surface area (Å²) in [7, 11) is 2.25. The Morgan fingerprint density at radius 3 is 2.70 bits per heavy atom. The lowest BCUT2D eigenvalue weighted by Crippen LogP contribution is -2.42. The standard InChI is InChI=1S/C17H32N2S/c1-6-17(4,13-18-12-15(2)3)14-19(5)10-9-16-8-7-11-20-16/h7-8,11,15,18H,6,9-10,12-14H2,1-5H3. The van der Waals surface area contributed by atoms with Crippen LogP contribution in [0.4, 0.5) is 0 Å². The van der Waals surface area contributed by atoms with E-state index in [1.165, 1.54) is 24.3 Å². The van der Waals surface area contributed by atoms with Crippen LogP contribution >= 0.6 is 11.3 Å². The number of hydrogen-bond donors (Lipinski definition) is 1. The van der Waals surface area contributed by atoms with Crippen molar-refractivity contribution < 1.29 is 0 Å². The van der Waals surface area contributed by atoms with Crippen LogP contribution < -0.4 is 5.32 Å². The molecule has 1 unspecified atom stereocenters. The molecule has 0 radical (unpaired) electrons. The summed E-state index contributed by atoms with van der Waals surface area (Å²) in [6.45, 7) is 13.8. The Morgan fingerprint density at radius 1 is 1.40 bits per heavy atom. The third kappa shape index (κ3) is 6.87. The average Bonchev–Trinajstić information content (AvgIpc) is 2.89. The summed E-state index contributed by atoms with van der Waals surface area (Å²) in [5, 5.41) is 5.79. The number of nitrogens with zero attached hydrogens (tertiary/aromatic N) is 1. The van der Waals surface area contributed by atoms with Gasteiger partial charge >= 0.3 is 0 Å². The highest BCUT2D eigenvalue weighted by molar-refractivity contribution is 7.09. The van der Waals surface area contributed by atoms with Gasteiger partial charge in [-0.25, -0.2) is 0 Å². The van der Waals surface area contributed by atoms with Crippen LogP contribution in [0.1, 0.15) is 39.0 Å². The summed E-state index contributed by atoms with van der Waals surface area (Å²) in [6, 6.07) is 4.38. The monoisotopic (exact) mass is 296 g/mol. The zero-order valence-electron chi connectivity index (χ0n) is 13.9. The first kappa shape index (κ1) is 17.7. The van der Waals surface area contributed by atoms with E-state index in [0.29, 0.717) is 5.41 Å². The SMILES string of the molecule is CCC(C)(CNCC(C)C)CN(C)CCc1cccs1. The van der Waals surface area contributed by atoms with E-state index >= 15 is 0 Å². The molecule has 116 valence electrons. The second-order valence-electron chi connectivity index (χ2n) is 6.76. The quantitative estimate of drug-likeness (QED) is 0.705. The van der Waals surface area contributed by atoms with Crippen LogP contribution in [0.5, 0.6) is 0 Å². The Morgan fingerprint density at radius 2 is 2.15 bits per heavy atom. The van der Waals surface area contributed by atoms with Gasteiger partial charge in [0, 0.05) is 24.5 Å². The molecule has 1 heterocycles. The van der Waals surface area contributed by atoms with Gasteiger partial charge in [-0.15, -0.1) is 11.3 Å². The molecule has 0 saturated heterocycles. The lowest BCUT2D eigenvalue weighted by molar-refractivity contribution is 0.180. The highest BCUT2D eigenvalue weighted by Gasteiger charge is 2.23. The smallest absolute Gasteiger partial charge is 0.00579 e. The molecule has 20 heavy (non-hydrogen) atoms. The predicted molar refractivity (Wildman–Crippen MR) is 91.6 cm³/mol. The van der Waals surface area contributed by atoms with Gasteiger partial charge in [0.2, 0.25) is 0 Å². The van der Waals surface area contributed by atoms with Crippen molar-refractivity contribution in [3.05, 3.63) is 22.4 Å². The van der Waals surface area contributed by atoms with Crippen LogP contribution in [0.25, 0.3) is 0 Å². The fourth-order valence-electron chi connectivity index (χ4n) is 2.44. The molecule has 1 atom stereocenters. The Hall–Kier alpha value is -0.380. The van der Waals surface area contributed by atoms with Crippen LogP contribution in [-0.4, -0.2) is 38.1 Å². The topological polar surface area (TPSA) is 15.3 Å². The summed E-state index contributed by atoms with van der Waals surface area (Å²) in [4.78, 5) is 3.98. The predicted octanol–water partition coefficient (Wildman–Crippen LogP) is 3.88. The number of thiophene rings is 1. The van der Waals surface area contributed by atoms with Crippen molar-refractivity contribution in [2.24, 2.45) is 11.3 Å². The molecule has 0 aliphatic carbocycles.